The number of urea groups is 1. The van der Waals surface area contributed by atoms with Crippen LogP contribution in [0.15, 0.2) is 54.6 Å². The third-order valence-corrected chi connectivity index (χ3v) is 6.21. The van der Waals surface area contributed by atoms with Gasteiger partial charge in [0.15, 0.2) is 0 Å². The van der Waals surface area contributed by atoms with Gasteiger partial charge in [0, 0.05) is 16.1 Å². The minimum absolute atomic E-state index is 0.0603. The molecular formula is C22H21N3O3S. The molecule has 0 saturated carbocycles. The van der Waals surface area contributed by atoms with Crippen molar-refractivity contribution in [1.29, 1.82) is 0 Å². The monoisotopic (exact) mass is 407 g/mol. The van der Waals surface area contributed by atoms with Gasteiger partial charge in [-0.2, -0.15) is 0 Å². The van der Waals surface area contributed by atoms with Crippen molar-refractivity contribution in [2.75, 3.05) is 6.54 Å². The molecule has 3 N–H and O–H groups in total. The van der Waals surface area contributed by atoms with Crippen LogP contribution in [0.25, 0.3) is 20.5 Å². The summed E-state index contributed by atoms with van der Waals surface area (Å²) in [6, 6.07) is 17.6. The summed E-state index contributed by atoms with van der Waals surface area (Å²) in [5.74, 6) is -0.599. The minimum atomic E-state index is -0.793. The van der Waals surface area contributed by atoms with E-state index in [1.165, 1.54) is 20.5 Å². The maximum atomic E-state index is 12.1. The molecule has 6 nitrogen and oxygen atoms in total. The van der Waals surface area contributed by atoms with Gasteiger partial charge in [0.05, 0.1) is 6.42 Å². The highest BCUT2D eigenvalue weighted by molar-refractivity contribution is 7.22. The third kappa shape index (κ3) is 4.30. The summed E-state index contributed by atoms with van der Waals surface area (Å²) in [7, 11) is 0. The van der Waals surface area contributed by atoms with Crippen molar-refractivity contribution >= 4 is 39.3 Å². The first-order valence-electron chi connectivity index (χ1n) is 9.46. The highest BCUT2D eigenvalue weighted by atomic mass is 32.1. The lowest BCUT2D eigenvalue weighted by molar-refractivity contribution is -0.126. The number of hydrogen-bond acceptors (Lipinski definition) is 4. The van der Waals surface area contributed by atoms with Crippen LogP contribution in [0.3, 0.4) is 0 Å². The van der Waals surface area contributed by atoms with E-state index in [-0.39, 0.29) is 18.2 Å². The molecule has 0 radical (unpaired) electrons. The van der Waals surface area contributed by atoms with Gasteiger partial charge in [0.2, 0.25) is 5.91 Å². The van der Waals surface area contributed by atoms with E-state index in [4.69, 9.17) is 0 Å². The minimum Gasteiger partial charge on any atom is -0.355 e. The standard InChI is InChI=1S/C22H21N3O3S/c1-13(12-23-20(26)11-17-21(27)25-22(28)24-17)14-6-8-15(9-7-14)19-10-16-4-2-3-5-18(16)29-19/h2-10,13,17H,11-12H2,1H3,(H,23,26)(H2,24,25,27,28). The second kappa shape index (κ2) is 8.05. The molecule has 4 rings (SSSR count). The molecule has 1 aliphatic rings. The SMILES string of the molecule is CC(CNC(=O)CC1NC(=O)NC1=O)c1ccc(-c2cc3ccccc3s2)cc1. The fraction of sp³-hybridized carbons (Fsp3) is 0.227. The Morgan fingerprint density at radius 2 is 1.90 bits per heavy atom. The van der Waals surface area contributed by atoms with Crippen LogP contribution < -0.4 is 16.0 Å². The van der Waals surface area contributed by atoms with Gasteiger partial charge in [0.25, 0.3) is 5.91 Å². The van der Waals surface area contributed by atoms with E-state index in [0.29, 0.717) is 6.54 Å². The van der Waals surface area contributed by atoms with E-state index in [0.717, 1.165) is 5.56 Å². The van der Waals surface area contributed by atoms with Crippen LogP contribution in [-0.2, 0) is 9.59 Å². The maximum Gasteiger partial charge on any atom is 0.322 e. The molecule has 1 fully saturated rings. The molecule has 1 aromatic heterocycles. The van der Waals surface area contributed by atoms with Crippen molar-refractivity contribution in [3.63, 3.8) is 0 Å². The first-order valence-corrected chi connectivity index (χ1v) is 10.3. The first kappa shape index (κ1) is 19.1. The summed E-state index contributed by atoms with van der Waals surface area (Å²) in [4.78, 5) is 35.9. The van der Waals surface area contributed by atoms with Crippen molar-refractivity contribution in [3.8, 4) is 10.4 Å². The zero-order valence-electron chi connectivity index (χ0n) is 15.9. The fourth-order valence-corrected chi connectivity index (χ4v) is 4.41. The summed E-state index contributed by atoms with van der Waals surface area (Å²) in [6.07, 6.45) is -0.0603. The van der Waals surface area contributed by atoms with Gasteiger partial charge in [-0.3, -0.25) is 14.9 Å². The molecule has 3 aromatic rings. The normalized spacial score (nSPS) is 17.1. The quantitative estimate of drug-likeness (QED) is 0.548. The lowest BCUT2D eigenvalue weighted by atomic mass is 9.99. The van der Waals surface area contributed by atoms with E-state index in [2.05, 4.69) is 64.5 Å². The number of carbonyl (C=O) groups excluding carboxylic acids is 3. The van der Waals surface area contributed by atoms with Crippen molar-refractivity contribution < 1.29 is 14.4 Å². The average molecular weight is 407 g/mol. The van der Waals surface area contributed by atoms with Crippen LogP contribution in [0.4, 0.5) is 4.79 Å². The molecule has 1 aliphatic heterocycles. The van der Waals surface area contributed by atoms with Gasteiger partial charge in [-0.25, -0.2) is 4.79 Å². The number of hydrogen-bond donors (Lipinski definition) is 3. The van der Waals surface area contributed by atoms with Crippen molar-refractivity contribution in [1.82, 2.24) is 16.0 Å². The highest BCUT2D eigenvalue weighted by Gasteiger charge is 2.31. The molecule has 2 aromatic carbocycles. The zero-order valence-corrected chi connectivity index (χ0v) is 16.7. The number of imide groups is 1. The number of carbonyl (C=O) groups is 3. The Balaban J connectivity index is 1.34. The van der Waals surface area contributed by atoms with E-state index < -0.39 is 18.0 Å². The summed E-state index contributed by atoms with van der Waals surface area (Å²) in [5.41, 5.74) is 2.30. The number of thiophene rings is 1. The van der Waals surface area contributed by atoms with Gasteiger partial charge in [-0.15, -0.1) is 11.3 Å². The average Bonchev–Trinajstić information content (AvgIpc) is 3.28. The first-order chi connectivity index (χ1) is 14.0. The zero-order chi connectivity index (χ0) is 20.4. The number of benzene rings is 2. The predicted molar refractivity (Wildman–Crippen MR) is 114 cm³/mol. The van der Waals surface area contributed by atoms with Gasteiger partial charge in [-0.1, -0.05) is 49.4 Å². The second-order valence-electron chi connectivity index (χ2n) is 7.20. The van der Waals surface area contributed by atoms with Crippen LogP contribution in [0.5, 0.6) is 0 Å². The lowest BCUT2D eigenvalue weighted by Crippen LogP contribution is -2.37. The van der Waals surface area contributed by atoms with E-state index in [1.54, 1.807) is 11.3 Å². The predicted octanol–water partition coefficient (Wildman–Crippen LogP) is 3.39. The lowest BCUT2D eigenvalue weighted by Gasteiger charge is -2.14. The van der Waals surface area contributed by atoms with Gasteiger partial charge >= 0.3 is 6.03 Å². The molecule has 2 unspecified atom stereocenters. The smallest absolute Gasteiger partial charge is 0.322 e. The summed E-state index contributed by atoms with van der Waals surface area (Å²) in [5, 5.41) is 8.64. The van der Waals surface area contributed by atoms with Crippen LogP contribution in [0.2, 0.25) is 0 Å². The Morgan fingerprint density at radius 1 is 1.14 bits per heavy atom. The number of amides is 4. The van der Waals surface area contributed by atoms with Crippen LogP contribution in [0.1, 0.15) is 24.8 Å². The van der Waals surface area contributed by atoms with Gasteiger partial charge in [-0.05, 0) is 34.6 Å². The van der Waals surface area contributed by atoms with Crippen LogP contribution >= 0.6 is 11.3 Å². The summed E-state index contributed by atoms with van der Waals surface area (Å²) < 4.78 is 1.27. The van der Waals surface area contributed by atoms with Crippen LogP contribution in [-0.4, -0.2) is 30.4 Å². The van der Waals surface area contributed by atoms with E-state index in [1.807, 2.05) is 13.0 Å². The summed E-state index contributed by atoms with van der Waals surface area (Å²) >= 11 is 1.77. The number of rotatable bonds is 6. The molecule has 29 heavy (non-hydrogen) atoms. The largest absolute Gasteiger partial charge is 0.355 e. The van der Waals surface area contributed by atoms with E-state index >= 15 is 0 Å². The Kier molecular flexibility index (Phi) is 5.31. The Labute approximate surface area is 172 Å². The molecule has 4 amide bonds. The fourth-order valence-electron chi connectivity index (χ4n) is 3.35. The van der Waals surface area contributed by atoms with Crippen LogP contribution in [0, 0.1) is 0 Å². The molecule has 2 heterocycles. The molecule has 0 bridgehead atoms. The van der Waals surface area contributed by atoms with E-state index in [9.17, 15) is 14.4 Å². The number of fused-ring (bicyclic) bond motifs is 1. The van der Waals surface area contributed by atoms with Gasteiger partial charge in [0.1, 0.15) is 6.04 Å². The molecule has 148 valence electrons. The third-order valence-electron chi connectivity index (χ3n) is 5.04. The molecule has 0 aliphatic carbocycles. The van der Waals surface area contributed by atoms with Crippen molar-refractivity contribution in [2.24, 2.45) is 0 Å². The molecule has 0 spiro atoms. The second-order valence-corrected chi connectivity index (χ2v) is 8.28. The molecular weight excluding hydrogens is 386 g/mol. The molecule has 7 heteroatoms. The van der Waals surface area contributed by atoms with Gasteiger partial charge < -0.3 is 10.6 Å². The van der Waals surface area contributed by atoms with Crippen molar-refractivity contribution in [2.45, 2.75) is 25.3 Å². The molecule has 1 saturated heterocycles. The number of nitrogens with one attached hydrogen (secondary N) is 3. The summed E-state index contributed by atoms with van der Waals surface area (Å²) in [6.45, 7) is 2.50. The topological polar surface area (TPSA) is 87.3 Å². The Bertz CT molecular complexity index is 1040. The molecule has 2 atom stereocenters. The van der Waals surface area contributed by atoms with Crippen molar-refractivity contribution in [3.05, 3.63) is 60.2 Å². The Hall–Kier alpha value is -3.19. The highest BCUT2D eigenvalue weighted by Crippen LogP contribution is 2.33. The maximum absolute atomic E-state index is 12.1. The Morgan fingerprint density at radius 3 is 2.59 bits per heavy atom.